The van der Waals surface area contributed by atoms with Crippen LogP contribution in [-0.4, -0.2) is 18.9 Å². The van der Waals surface area contributed by atoms with Crippen LogP contribution in [0.15, 0.2) is 60.7 Å². The van der Waals surface area contributed by atoms with Gasteiger partial charge in [-0.15, -0.1) is 0 Å². The van der Waals surface area contributed by atoms with Crippen molar-refractivity contribution in [3.8, 4) is 5.75 Å². The van der Waals surface area contributed by atoms with E-state index in [9.17, 15) is 18.4 Å². The number of rotatable bonds is 5. The molecular weight excluding hydrogens is 378 g/mol. The number of halogens is 2. The van der Waals surface area contributed by atoms with Crippen LogP contribution in [0.4, 0.5) is 20.2 Å². The minimum Gasteiger partial charge on any atom is -0.495 e. The number of ether oxygens (including phenoxy) is 1. The van der Waals surface area contributed by atoms with Crippen LogP contribution < -0.4 is 15.4 Å². The molecule has 0 heterocycles. The third kappa shape index (κ3) is 4.76. The molecule has 0 aliphatic carbocycles. The molecule has 0 aliphatic rings. The lowest BCUT2D eigenvalue weighted by atomic mass is 10.1. The molecule has 3 rings (SSSR count). The largest absolute Gasteiger partial charge is 0.495 e. The number of amides is 2. The van der Waals surface area contributed by atoms with Gasteiger partial charge in [-0.25, -0.2) is 8.78 Å². The van der Waals surface area contributed by atoms with Gasteiger partial charge in [-0.3, -0.25) is 9.59 Å². The van der Waals surface area contributed by atoms with E-state index in [0.29, 0.717) is 23.1 Å². The van der Waals surface area contributed by atoms with Crippen molar-refractivity contribution >= 4 is 23.2 Å². The molecule has 0 bridgehead atoms. The molecule has 0 saturated heterocycles. The molecule has 7 heteroatoms. The molecule has 0 radical (unpaired) electrons. The molecule has 3 aromatic rings. The fourth-order valence-electron chi connectivity index (χ4n) is 2.67. The average molecular weight is 396 g/mol. The lowest BCUT2D eigenvalue weighted by Crippen LogP contribution is -2.15. The van der Waals surface area contributed by atoms with Gasteiger partial charge in [-0.05, 0) is 61.0 Å². The zero-order valence-electron chi connectivity index (χ0n) is 15.8. The van der Waals surface area contributed by atoms with E-state index in [1.165, 1.54) is 31.4 Å². The summed E-state index contributed by atoms with van der Waals surface area (Å²) in [5.41, 5.74) is 1.91. The van der Waals surface area contributed by atoms with E-state index in [-0.39, 0.29) is 17.2 Å². The molecule has 2 N–H and O–H groups in total. The molecular formula is C22H18F2N2O3. The van der Waals surface area contributed by atoms with Gasteiger partial charge in [0.25, 0.3) is 11.8 Å². The predicted molar refractivity (Wildman–Crippen MR) is 106 cm³/mol. The number of carbonyl (C=O) groups excluding carboxylic acids is 2. The summed E-state index contributed by atoms with van der Waals surface area (Å²) in [5.74, 6) is -2.03. The van der Waals surface area contributed by atoms with E-state index in [2.05, 4.69) is 10.6 Å². The van der Waals surface area contributed by atoms with Gasteiger partial charge in [0, 0.05) is 17.2 Å². The maximum Gasteiger partial charge on any atom is 0.255 e. The molecule has 0 unspecified atom stereocenters. The van der Waals surface area contributed by atoms with Crippen molar-refractivity contribution in [1.29, 1.82) is 0 Å². The van der Waals surface area contributed by atoms with Crippen molar-refractivity contribution < 1.29 is 23.1 Å². The molecule has 2 amide bonds. The summed E-state index contributed by atoms with van der Waals surface area (Å²) in [7, 11) is 1.51. The van der Waals surface area contributed by atoms with Gasteiger partial charge in [0.15, 0.2) is 0 Å². The van der Waals surface area contributed by atoms with Crippen molar-refractivity contribution in [2.75, 3.05) is 17.7 Å². The molecule has 5 nitrogen and oxygen atoms in total. The molecule has 0 fully saturated rings. The summed E-state index contributed by atoms with van der Waals surface area (Å²) in [4.78, 5) is 24.7. The first-order valence-corrected chi connectivity index (χ1v) is 8.70. The number of anilines is 2. The third-order valence-corrected chi connectivity index (χ3v) is 4.19. The van der Waals surface area contributed by atoms with Crippen molar-refractivity contribution in [3.05, 3.63) is 89.0 Å². The van der Waals surface area contributed by atoms with Crippen LogP contribution in [0.1, 0.15) is 26.3 Å². The second kappa shape index (κ2) is 8.52. The quantitative estimate of drug-likeness (QED) is 0.652. The van der Waals surface area contributed by atoms with Crippen LogP contribution in [0.3, 0.4) is 0 Å². The number of hydrogen-bond donors (Lipinski definition) is 2. The Labute approximate surface area is 166 Å². The summed E-state index contributed by atoms with van der Waals surface area (Å²) >= 11 is 0. The van der Waals surface area contributed by atoms with Crippen molar-refractivity contribution in [3.63, 3.8) is 0 Å². The number of aryl methyl sites for hydroxylation is 1. The zero-order chi connectivity index (χ0) is 21.0. The summed E-state index contributed by atoms with van der Waals surface area (Å²) in [6.07, 6.45) is 0. The normalized spacial score (nSPS) is 10.3. The fourth-order valence-corrected chi connectivity index (χ4v) is 2.67. The van der Waals surface area contributed by atoms with E-state index in [1.807, 2.05) is 13.0 Å². The molecule has 0 aliphatic heterocycles. The van der Waals surface area contributed by atoms with Gasteiger partial charge in [-0.2, -0.15) is 0 Å². The van der Waals surface area contributed by atoms with Gasteiger partial charge in [0.1, 0.15) is 17.4 Å². The monoisotopic (exact) mass is 396 g/mol. The molecule has 0 saturated carbocycles. The van der Waals surface area contributed by atoms with E-state index < -0.39 is 17.5 Å². The van der Waals surface area contributed by atoms with Crippen LogP contribution in [0.25, 0.3) is 0 Å². The first-order chi connectivity index (χ1) is 13.9. The minimum atomic E-state index is -0.874. The molecule has 0 spiro atoms. The van der Waals surface area contributed by atoms with E-state index in [4.69, 9.17) is 4.74 Å². The summed E-state index contributed by atoms with van der Waals surface area (Å²) in [6, 6.07) is 14.1. The van der Waals surface area contributed by atoms with Gasteiger partial charge in [-0.1, -0.05) is 6.07 Å². The van der Waals surface area contributed by atoms with Crippen LogP contribution in [0, 0.1) is 18.6 Å². The number of hydrogen-bond acceptors (Lipinski definition) is 3. The first kappa shape index (κ1) is 20.0. The van der Waals surface area contributed by atoms with Crippen LogP contribution in [-0.2, 0) is 0 Å². The second-order valence-electron chi connectivity index (χ2n) is 6.31. The topological polar surface area (TPSA) is 67.4 Å². The minimum absolute atomic E-state index is 0.134. The Bertz CT molecular complexity index is 1070. The lowest BCUT2D eigenvalue weighted by Gasteiger charge is -2.11. The Balaban J connectivity index is 1.71. The van der Waals surface area contributed by atoms with Crippen molar-refractivity contribution in [1.82, 2.24) is 0 Å². The van der Waals surface area contributed by atoms with Crippen LogP contribution in [0.2, 0.25) is 0 Å². The van der Waals surface area contributed by atoms with E-state index in [1.54, 1.807) is 12.1 Å². The third-order valence-electron chi connectivity index (χ3n) is 4.19. The number of nitrogens with one attached hydrogen (secondary N) is 2. The maximum absolute atomic E-state index is 13.7. The summed E-state index contributed by atoms with van der Waals surface area (Å²) < 4.78 is 31.9. The Hall–Kier alpha value is -3.74. The van der Waals surface area contributed by atoms with Gasteiger partial charge in [0.05, 0.1) is 18.5 Å². The highest BCUT2D eigenvalue weighted by molar-refractivity contribution is 6.07. The van der Waals surface area contributed by atoms with Crippen molar-refractivity contribution in [2.45, 2.75) is 6.92 Å². The Kier molecular flexibility index (Phi) is 5.87. The maximum atomic E-state index is 13.7. The second-order valence-corrected chi connectivity index (χ2v) is 6.31. The number of carbonyl (C=O) groups is 2. The van der Waals surface area contributed by atoms with E-state index in [0.717, 1.165) is 17.7 Å². The summed E-state index contributed by atoms with van der Waals surface area (Å²) in [6.45, 7) is 1.90. The number of benzene rings is 3. The Morgan fingerprint density at radius 2 is 1.38 bits per heavy atom. The molecule has 3 aromatic carbocycles. The predicted octanol–water partition coefficient (Wildman–Crippen LogP) is 4.79. The average Bonchev–Trinajstić information content (AvgIpc) is 2.70. The standard InChI is InChI=1S/C22H18F2N2O3/c1-13-3-10-20(29-2)19(11-13)26-22(28)15-6-4-14(5-7-15)21(27)25-18-9-8-16(23)12-17(18)24/h3-12H,1-2H3,(H,25,27)(H,26,28). The van der Waals surface area contributed by atoms with Crippen LogP contribution in [0.5, 0.6) is 5.75 Å². The SMILES string of the molecule is COc1ccc(C)cc1NC(=O)c1ccc(C(=O)Nc2ccc(F)cc2F)cc1. The van der Waals surface area contributed by atoms with E-state index >= 15 is 0 Å². The van der Waals surface area contributed by atoms with Gasteiger partial charge in [0.2, 0.25) is 0 Å². The highest BCUT2D eigenvalue weighted by Gasteiger charge is 2.13. The highest BCUT2D eigenvalue weighted by Crippen LogP contribution is 2.26. The summed E-state index contributed by atoms with van der Waals surface area (Å²) in [5, 5.41) is 5.14. The first-order valence-electron chi connectivity index (χ1n) is 8.70. The Morgan fingerprint density at radius 3 is 1.93 bits per heavy atom. The molecule has 29 heavy (non-hydrogen) atoms. The fraction of sp³-hybridized carbons (Fsp3) is 0.0909. The van der Waals surface area contributed by atoms with Gasteiger partial charge < -0.3 is 15.4 Å². The Morgan fingerprint density at radius 1 is 0.793 bits per heavy atom. The smallest absolute Gasteiger partial charge is 0.255 e. The van der Waals surface area contributed by atoms with Crippen molar-refractivity contribution in [2.24, 2.45) is 0 Å². The lowest BCUT2D eigenvalue weighted by molar-refractivity contribution is 0.101. The molecule has 148 valence electrons. The molecule has 0 aromatic heterocycles. The van der Waals surface area contributed by atoms with Gasteiger partial charge >= 0.3 is 0 Å². The highest BCUT2D eigenvalue weighted by atomic mass is 19.1. The molecule has 0 atom stereocenters. The number of methoxy groups -OCH3 is 1. The van der Waals surface area contributed by atoms with Crippen LogP contribution >= 0.6 is 0 Å². The zero-order valence-corrected chi connectivity index (χ0v) is 15.8.